The molecule has 0 spiro atoms. The molecule has 1 aromatic carbocycles. The monoisotopic (exact) mass is 261 g/mol. The SMILES string of the molecule is CCC(NC)C(C)Sc1ncnc2ccccc12. The number of hydrogen-bond donors (Lipinski definition) is 1. The Morgan fingerprint density at radius 2 is 2.06 bits per heavy atom. The van der Waals surface area contributed by atoms with Crippen molar-refractivity contribution in [2.45, 2.75) is 36.6 Å². The molecular formula is C14H19N3S. The molecule has 0 aliphatic carbocycles. The van der Waals surface area contributed by atoms with Gasteiger partial charge >= 0.3 is 0 Å². The Morgan fingerprint density at radius 3 is 2.78 bits per heavy atom. The van der Waals surface area contributed by atoms with E-state index in [1.807, 2.05) is 37.0 Å². The van der Waals surface area contributed by atoms with E-state index in [0.29, 0.717) is 11.3 Å². The molecule has 0 bridgehead atoms. The summed E-state index contributed by atoms with van der Waals surface area (Å²) in [7, 11) is 2.02. The highest BCUT2D eigenvalue weighted by molar-refractivity contribution is 8.00. The van der Waals surface area contributed by atoms with Crippen molar-refractivity contribution in [2.24, 2.45) is 0 Å². The molecule has 3 nitrogen and oxygen atoms in total. The predicted octanol–water partition coefficient (Wildman–Crippen LogP) is 3.11. The Morgan fingerprint density at radius 1 is 1.28 bits per heavy atom. The van der Waals surface area contributed by atoms with Gasteiger partial charge < -0.3 is 5.32 Å². The third-order valence-electron chi connectivity index (χ3n) is 3.18. The average molecular weight is 261 g/mol. The van der Waals surface area contributed by atoms with Crippen molar-refractivity contribution < 1.29 is 0 Å². The quantitative estimate of drug-likeness (QED) is 0.663. The Bertz CT molecular complexity index is 506. The minimum absolute atomic E-state index is 0.485. The normalized spacial score (nSPS) is 14.6. The van der Waals surface area contributed by atoms with Crippen molar-refractivity contribution in [3.63, 3.8) is 0 Å². The molecule has 2 atom stereocenters. The van der Waals surface area contributed by atoms with Gasteiger partial charge in [0.1, 0.15) is 11.4 Å². The van der Waals surface area contributed by atoms with E-state index in [1.54, 1.807) is 6.33 Å². The van der Waals surface area contributed by atoms with Crippen LogP contribution in [-0.2, 0) is 0 Å². The highest BCUT2D eigenvalue weighted by Crippen LogP contribution is 2.29. The van der Waals surface area contributed by atoms with E-state index in [9.17, 15) is 0 Å². The fourth-order valence-electron chi connectivity index (χ4n) is 2.10. The van der Waals surface area contributed by atoms with Gasteiger partial charge in [0.15, 0.2) is 0 Å². The summed E-state index contributed by atoms with van der Waals surface area (Å²) in [5.41, 5.74) is 1.01. The summed E-state index contributed by atoms with van der Waals surface area (Å²) in [6.07, 6.45) is 2.77. The standard InChI is InChI=1S/C14H19N3S/c1-4-12(15-3)10(2)18-14-11-7-5-6-8-13(11)16-9-17-14/h5-10,12,15H,4H2,1-3H3. The maximum Gasteiger partial charge on any atom is 0.117 e. The number of para-hydroxylation sites is 1. The molecule has 1 heterocycles. The maximum absolute atomic E-state index is 4.42. The van der Waals surface area contributed by atoms with Crippen LogP contribution in [0.3, 0.4) is 0 Å². The molecule has 2 rings (SSSR count). The van der Waals surface area contributed by atoms with Crippen LogP contribution in [0.4, 0.5) is 0 Å². The molecule has 2 aromatic rings. The molecule has 18 heavy (non-hydrogen) atoms. The lowest BCUT2D eigenvalue weighted by molar-refractivity contribution is 0.541. The van der Waals surface area contributed by atoms with E-state index in [0.717, 1.165) is 22.3 Å². The molecule has 0 aliphatic heterocycles. The van der Waals surface area contributed by atoms with Crippen molar-refractivity contribution in [3.05, 3.63) is 30.6 Å². The van der Waals surface area contributed by atoms with Gasteiger partial charge in [-0.15, -0.1) is 11.8 Å². The molecule has 0 aliphatic rings. The van der Waals surface area contributed by atoms with Gasteiger partial charge in [-0.3, -0.25) is 0 Å². The highest BCUT2D eigenvalue weighted by Gasteiger charge is 2.16. The summed E-state index contributed by atoms with van der Waals surface area (Å²) in [5.74, 6) is 0. The second kappa shape index (κ2) is 6.16. The summed E-state index contributed by atoms with van der Waals surface area (Å²) >= 11 is 1.82. The van der Waals surface area contributed by atoms with Crippen LogP contribution in [0.25, 0.3) is 10.9 Å². The lowest BCUT2D eigenvalue weighted by Crippen LogP contribution is -2.33. The first-order valence-corrected chi connectivity index (χ1v) is 7.18. The molecule has 1 aromatic heterocycles. The summed E-state index contributed by atoms with van der Waals surface area (Å²) < 4.78 is 0. The van der Waals surface area contributed by atoms with Crippen molar-refractivity contribution >= 4 is 22.7 Å². The van der Waals surface area contributed by atoms with E-state index < -0.39 is 0 Å². The largest absolute Gasteiger partial charge is 0.316 e. The van der Waals surface area contributed by atoms with Crippen LogP contribution in [0.15, 0.2) is 35.6 Å². The number of nitrogens with one attached hydrogen (secondary N) is 1. The zero-order valence-electron chi connectivity index (χ0n) is 11.1. The van der Waals surface area contributed by atoms with Crippen molar-refractivity contribution in [1.29, 1.82) is 0 Å². The molecule has 0 amide bonds. The van der Waals surface area contributed by atoms with Crippen LogP contribution in [-0.4, -0.2) is 28.3 Å². The second-order valence-corrected chi connectivity index (χ2v) is 5.69. The fraction of sp³-hybridized carbons (Fsp3) is 0.429. The van der Waals surface area contributed by atoms with E-state index in [-0.39, 0.29) is 0 Å². The highest BCUT2D eigenvalue weighted by atomic mass is 32.2. The third kappa shape index (κ3) is 2.82. The van der Waals surface area contributed by atoms with E-state index in [2.05, 4.69) is 35.2 Å². The van der Waals surface area contributed by atoms with Crippen molar-refractivity contribution in [3.8, 4) is 0 Å². The molecule has 0 saturated heterocycles. The number of rotatable bonds is 5. The minimum atomic E-state index is 0.485. The van der Waals surface area contributed by atoms with Crippen LogP contribution >= 0.6 is 11.8 Å². The first-order chi connectivity index (χ1) is 8.76. The smallest absolute Gasteiger partial charge is 0.117 e. The molecule has 0 fully saturated rings. The molecular weight excluding hydrogens is 242 g/mol. The first-order valence-electron chi connectivity index (χ1n) is 6.30. The topological polar surface area (TPSA) is 37.8 Å². The molecule has 4 heteroatoms. The predicted molar refractivity (Wildman–Crippen MR) is 78.0 cm³/mol. The van der Waals surface area contributed by atoms with E-state index in [1.165, 1.54) is 0 Å². The fourth-order valence-corrected chi connectivity index (χ4v) is 3.36. The second-order valence-electron chi connectivity index (χ2n) is 4.32. The van der Waals surface area contributed by atoms with Gasteiger partial charge in [-0.1, -0.05) is 32.0 Å². The van der Waals surface area contributed by atoms with E-state index >= 15 is 0 Å². The molecule has 96 valence electrons. The lowest BCUT2D eigenvalue weighted by atomic mass is 10.2. The van der Waals surface area contributed by atoms with Crippen LogP contribution in [0, 0.1) is 0 Å². The average Bonchev–Trinajstić information content (AvgIpc) is 2.40. The molecule has 2 unspecified atom stereocenters. The van der Waals surface area contributed by atoms with Crippen LogP contribution < -0.4 is 5.32 Å². The molecule has 0 radical (unpaired) electrons. The minimum Gasteiger partial charge on any atom is -0.316 e. The van der Waals surface area contributed by atoms with Crippen molar-refractivity contribution in [1.82, 2.24) is 15.3 Å². The molecule has 1 N–H and O–H groups in total. The van der Waals surface area contributed by atoms with Gasteiger partial charge in [-0.2, -0.15) is 0 Å². The van der Waals surface area contributed by atoms with E-state index in [4.69, 9.17) is 0 Å². The zero-order chi connectivity index (χ0) is 13.0. The van der Waals surface area contributed by atoms with Gasteiger partial charge in [0, 0.05) is 16.7 Å². The Balaban J connectivity index is 2.26. The Hall–Kier alpha value is -1.13. The summed E-state index contributed by atoms with van der Waals surface area (Å²) in [6, 6.07) is 8.67. The number of fused-ring (bicyclic) bond motifs is 1. The van der Waals surface area contributed by atoms with Crippen LogP contribution in [0.1, 0.15) is 20.3 Å². The van der Waals surface area contributed by atoms with Gasteiger partial charge in [0.25, 0.3) is 0 Å². The number of hydrogen-bond acceptors (Lipinski definition) is 4. The maximum atomic E-state index is 4.42. The first kappa shape index (κ1) is 13.3. The Kier molecular flexibility index (Phi) is 4.55. The van der Waals surface area contributed by atoms with Gasteiger partial charge in [-0.05, 0) is 19.5 Å². The lowest BCUT2D eigenvalue weighted by Gasteiger charge is -2.21. The number of benzene rings is 1. The number of aromatic nitrogens is 2. The van der Waals surface area contributed by atoms with Gasteiger partial charge in [-0.25, -0.2) is 9.97 Å². The molecule has 0 saturated carbocycles. The van der Waals surface area contributed by atoms with Gasteiger partial charge in [0.05, 0.1) is 5.52 Å². The summed E-state index contributed by atoms with van der Waals surface area (Å²) in [5, 5.41) is 6.05. The summed E-state index contributed by atoms with van der Waals surface area (Å²) in [6.45, 7) is 4.45. The summed E-state index contributed by atoms with van der Waals surface area (Å²) in [4.78, 5) is 8.72. The van der Waals surface area contributed by atoms with Crippen LogP contribution in [0.2, 0.25) is 0 Å². The van der Waals surface area contributed by atoms with Gasteiger partial charge in [0.2, 0.25) is 0 Å². The number of thioether (sulfide) groups is 1. The number of nitrogens with zero attached hydrogens (tertiary/aromatic N) is 2. The van der Waals surface area contributed by atoms with Crippen LogP contribution in [0.5, 0.6) is 0 Å². The zero-order valence-corrected chi connectivity index (χ0v) is 11.9. The Labute approximate surface area is 112 Å². The third-order valence-corrected chi connectivity index (χ3v) is 4.43. The van der Waals surface area contributed by atoms with Crippen molar-refractivity contribution in [2.75, 3.05) is 7.05 Å².